The molecule has 154 valence electrons. The van der Waals surface area contributed by atoms with Crippen molar-refractivity contribution in [1.82, 2.24) is 9.47 Å². The van der Waals surface area contributed by atoms with Gasteiger partial charge in [-0.05, 0) is 67.3 Å². The lowest BCUT2D eigenvalue weighted by Gasteiger charge is -2.38. The van der Waals surface area contributed by atoms with E-state index in [-0.39, 0.29) is 24.3 Å². The third-order valence-electron chi connectivity index (χ3n) is 5.94. The van der Waals surface area contributed by atoms with Crippen LogP contribution in [-0.4, -0.2) is 27.8 Å². The van der Waals surface area contributed by atoms with Crippen LogP contribution in [0, 0.1) is 20.8 Å². The molecule has 1 aliphatic rings. The molecule has 0 saturated carbocycles. The van der Waals surface area contributed by atoms with E-state index in [1.165, 1.54) is 5.56 Å². The van der Waals surface area contributed by atoms with E-state index in [0.29, 0.717) is 6.54 Å². The van der Waals surface area contributed by atoms with Gasteiger partial charge in [0.2, 0.25) is 11.8 Å². The molecule has 0 unspecified atom stereocenters. The first-order valence-electron chi connectivity index (χ1n) is 10.3. The number of nitrogens with zero attached hydrogens (tertiary/aromatic N) is 2. The van der Waals surface area contributed by atoms with E-state index in [2.05, 4.69) is 41.2 Å². The van der Waals surface area contributed by atoms with Crippen LogP contribution in [0.15, 0.2) is 60.8 Å². The minimum absolute atomic E-state index is 0.156. The van der Waals surface area contributed by atoms with Crippen molar-refractivity contribution in [2.75, 3.05) is 11.9 Å². The van der Waals surface area contributed by atoms with Crippen molar-refractivity contribution in [3.63, 3.8) is 0 Å². The fraction of sp³-hybridized carbons (Fsp3) is 0.280. The Kier molecular flexibility index (Phi) is 5.44. The Labute approximate surface area is 177 Å². The second-order valence-corrected chi connectivity index (χ2v) is 8.00. The molecule has 4 rings (SSSR count). The standard InChI is InChI=1S/C25H27N3O2/c1-17-10-11-20(15-19(17)3)26-23(29)16-24(30)28-14-13-27-12-6-9-22(27)25(28)21-8-5-4-7-18(21)2/h4-12,15,25H,13-14,16H2,1-3H3,(H,26,29)/t25-/m1/s1. The maximum absolute atomic E-state index is 13.2. The number of benzene rings is 2. The normalized spacial score (nSPS) is 15.6. The van der Waals surface area contributed by atoms with Gasteiger partial charge in [0, 0.05) is 30.7 Å². The summed E-state index contributed by atoms with van der Waals surface area (Å²) in [6, 6.07) is 17.8. The van der Waals surface area contributed by atoms with E-state index >= 15 is 0 Å². The van der Waals surface area contributed by atoms with E-state index in [1.54, 1.807) is 0 Å². The summed E-state index contributed by atoms with van der Waals surface area (Å²) in [4.78, 5) is 27.7. The number of aryl methyl sites for hydroxylation is 3. The molecular formula is C25H27N3O2. The molecule has 0 aliphatic carbocycles. The highest BCUT2D eigenvalue weighted by Crippen LogP contribution is 2.34. The van der Waals surface area contributed by atoms with Crippen LogP contribution in [0.25, 0.3) is 0 Å². The van der Waals surface area contributed by atoms with E-state index in [4.69, 9.17) is 0 Å². The van der Waals surface area contributed by atoms with Crippen LogP contribution in [0.4, 0.5) is 5.69 Å². The highest BCUT2D eigenvalue weighted by atomic mass is 16.2. The topological polar surface area (TPSA) is 54.3 Å². The van der Waals surface area contributed by atoms with Crippen LogP contribution in [0.1, 0.15) is 40.4 Å². The van der Waals surface area contributed by atoms with Crippen molar-refractivity contribution in [3.05, 3.63) is 88.7 Å². The number of rotatable bonds is 4. The van der Waals surface area contributed by atoms with Crippen LogP contribution in [0.5, 0.6) is 0 Å². The van der Waals surface area contributed by atoms with Gasteiger partial charge >= 0.3 is 0 Å². The predicted molar refractivity (Wildman–Crippen MR) is 118 cm³/mol. The first-order valence-corrected chi connectivity index (χ1v) is 10.3. The molecule has 1 aliphatic heterocycles. The molecule has 5 heteroatoms. The highest BCUT2D eigenvalue weighted by molar-refractivity contribution is 6.03. The van der Waals surface area contributed by atoms with Crippen molar-refractivity contribution in [2.24, 2.45) is 0 Å². The number of hydrogen-bond donors (Lipinski definition) is 1. The van der Waals surface area contributed by atoms with Crippen molar-refractivity contribution in [1.29, 1.82) is 0 Å². The fourth-order valence-corrected chi connectivity index (χ4v) is 4.14. The van der Waals surface area contributed by atoms with Gasteiger partial charge in [-0.3, -0.25) is 9.59 Å². The van der Waals surface area contributed by atoms with Crippen molar-refractivity contribution in [3.8, 4) is 0 Å². The summed E-state index contributed by atoms with van der Waals surface area (Å²) in [5.74, 6) is -0.440. The van der Waals surface area contributed by atoms with Gasteiger partial charge in [-0.15, -0.1) is 0 Å². The molecule has 1 N–H and O–H groups in total. The molecule has 2 amide bonds. The zero-order valence-electron chi connectivity index (χ0n) is 17.7. The number of carbonyl (C=O) groups excluding carboxylic acids is 2. The van der Waals surface area contributed by atoms with Gasteiger partial charge in [-0.2, -0.15) is 0 Å². The Balaban J connectivity index is 1.55. The van der Waals surface area contributed by atoms with Crippen LogP contribution in [-0.2, 0) is 16.1 Å². The number of nitrogens with one attached hydrogen (secondary N) is 1. The van der Waals surface area contributed by atoms with Gasteiger partial charge in [-0.25, -0.2) is 0 Å². The first kappa shape index (κ1) is 20.0. The SMILES string of the molecule is Cc1ccc(NC(=O)CC(=O)N2CCn3cccc3[C@H]2c2ccccc2C)cc1C. The molecule has 0 saturated heterocycles. The second kappa shape index (κ2) is 8.19. The van der Waals surface area contributed by atoms with Gasteiger partial charge < -0.3 is 14.8 Å². The maximum Gasteiger partial charge on any atom is 0.233 e. The van der Waals surface area contributed by atoms with Crippen LogP contribution < -0.4 is 5.32 Å². The summed E-state index contributed by atoms with van der Waals surface area (Å²) >= 11 is 0. The zero-order valence-corrected chi connectivity index (χ0v) is 17.7. The zero-order chi connectivity index (χ0) is 21.3. The van der Waals surface area contributed by atoms with Crippen LogP contribution >= 0.6 is 0 Å². The van der Waals surface area contributed by atoms with E-state index < -0.39 is 0 Å². The van der Waals surface area contributed by atoms with E-state index in [1.807, 2.05) is 55.1 Å². The lowest BCUT2D eigenvalue weighted by molar-refractivity contribution is -0.136. The van der Waals surface area contributed by atoms with Gasteiger partial charge in [0.25, 0.3) is 0 Å². The highest BCUT2D eigenvalue weighted by Gasteiger charge is 2.33. The van der Waals surface area contributed by atoms with Crippen molar-refractivity contribution < 1.29 is 9.59 Å². The number of anilines is 1. The fourth-order valence-electron chi connectivity index (χ4n) is 4.14. The van der Waals surface area contributed by atoms with Crippen LogP contribution in [0.2, 0.25) is 0 Å². The molecule has 2 heterocycles. The molecule has 0 bridgehead atoms. The van der Waals surface area contributed by atoms with Crippen molar-refractivity contribution in [2.45, 2.75) is 39.8 Å². The van der Waals surface area contributed by atoms with Gasteiger partial charge in [0.15, 0.2) is 0 Å². The number of carbonyl (C=O) groups is 2. The lowest BCUT2D eigenvalue weighted by Crippen LogP contribution is -2.43. The summed E-state index contributed by atoms with van der Waals surface area (Å²) in [6.07, 6.45) is 1.88. The Hall–Kier alpha value is -3.34. The smallest absolute Gasteiger partial charge is 0.233 e. The molecule has 0 spiro atoms. The summed E-state index contributed by atoms with van der Waals surface area (Å²) in [5, 5.41) is 2.87. The van der Waals surface area contributed by atoms with Gasteiger partial charge in [-0.1, -0.05) is 30.3 Å². The third kappa shape index (κ3) is 3.88. The van der Waals surface area contributed by atoms with Gasteiger partial charge in [0.05, 0.1) is 6.04 Å². The quantitative estimate of drug-likeness (QED) is 0.660. The summed E-state index contributed by atoms with van der Waals surface area (Å²) in [6.45, 7) is 7.41. The Morgan fingerprint density at radius 2 is 1.73 bits per heavy atom. The van der Waals surface area contributed by atoms with Crippen molar-refractivity contribution >= 4 is 17.5 Å². The van der Waals surface area contributed by atoms with E-state index in [0.717, 1.165) is 34.6 Å². The third-order valence-corrected chi connectivity index (χ3v) is 5.94. The largest absolute Gasteiger partial charge is 0.348 e. The van der Waals surface area contributed by atoms with Crippen LogP contribution in [0.3, 0.4) is 0 Å². The minimum Gasteiger partial charge on any atom is -0.348 e. The molecule has 5 nitrogen and oxygen atoms in total. The van der Waals surface area contributed by atoms with E-state index in [9.17, 15) is 9.59 Å². The van der Waals surface area contributed by atoms with Gasteiger partial charge in [0.1, 0.15) is 6.42 Å². The minimum atomic E-state index is -0.284. The average molecular weight is 402 g/mol. The molecule has 30 heavy (non-hydrogen) atoms. The molecular weight excluding hydrogens is 374 g/mol. The molecule has 3 aromatic rings. The number of aromatic nitrogens is 1. The Bertz CT molecular complexity index is 1100. The Morgan fingerprint density at radius 3 is 2.50 bits per heavy atom. The molecule has 1 atom stereocenters. The predicted octanol–water partition coefficient (Wildman–Crippen LogP) is 4.37. The second-order valence-electron chi connectivity index (χ2n) is 8.00. The molecule has 2 aromatic carbocycles. The summed E-state index contributed by atoms with van der Waals surface area (Å²) in [5.41, 5.74) is 6.31. The molecule has 0 radical (unpaired) electrons. The Morgan fingerprint density at radius 1 is 0.933 bits per heavy atom. The summed E-state index contributed by atoms with van der Waals surface area (Å²) in [7, 11) is 0. The maximum atomic E-state index is 13.2. The number of amides is 2. The summed E-state index contributed by atoms with van der Waals surface area (Å²) < 4.78 is 2.19. The molecule has 0 fully saturated rings. The number of hydrogen-bond acceptors (Lipinski definition) is 2. The monoisotopic (exact) mass is 401 g/mol. The molecule has 1 aromatic heterocycles. The first-order chi connectivity index (χ1) is 14.4. The number of fused-ring (bicyclic) bond motifs is 1. The lowest BCUT2D eigenvalue weighted by atomic mass is 9.95. The average Bonchev–Trinajstić information content (AvgIpc) is 3.19.